The fourth-order valence-electron chi connectivity index (χ4n) is 1.71. The number of carbonyl (C=O) groups excluding carboxylic acids is 1. The van der Waals surface area contributed by atoms with Gasteiger partial charge in [-0.1, -0.05) is 29.3 Å². The van der Waals surface area contributed by atoms with E-state index in [0.29, 0.717) is 16.1 Å². The normalized spacial score (nSPS) is 15.8. The van der Waals surface area contributed by atoms with Crippen molar-refractivity contribution in [1.82, 2.24) is 5.32 Å². The summed E-state index contributed by atoms with van der Waals surface area (Å²) in [6.07, 6.45) is 2.16. The number of carbonyl (C=O) groups is 1. The van der Waals surface area contributed by atoms with Gasteiger partial charge in [-0.25, -0.2) is 0 Å². The van der Waals surface area contributed by atoms with E-state index in [9.17, 15) is 4.79 Å². The Morgan fingerprint density at radius 3 is 2.53 bits per heavy atom. The molecule has 1 aliphatic rings. The molecule has 1 aromatic carbocycles. The highest BCUT2D eigenvalue weighted by Gasteiger charge is 2.35. The first-order valence-corrected chi connectivity index (χ1v) is 6.43. The molecule has 0 unspecified atom stereocenters. The largest absolute Gasteiger partial charge is 0.353 e. The molecular weight excluding hydrogens is 257 g/mol. The monoisotopic (exact) mass is 271 g/mol. The molecule has 0 saturated heterocycles. The maximum atomic E-state index is 12.2. The quantitative estimate of drug-likeness (QED) is 0.895. The average molecular weight is 272 g/mol. The van der Waals surface area contributed by atoms with Gasteiger partial charge in [-0.05, 0) is 44.4 Å². The van der Waals surface area contributed by atoms with Crippen molar-refractivity contribution in [3.8, 4) is 0 Å². The standard InChI is InChI=1S/C13H15Cl2NO/c1-13(2,12(17)16-9-4-5-9)10-6-3-8(14)7-11(10)15/h3,6-7,9H,4-5H2,1-2H3,(H,16,17). The number of nitrogens with one attached hydrogen (secondary N) is 1. The van der Waals surface area contributed by atoms with Gasteiger partial charge in [-0.15, -0.1) is 0 Å². The molecular formula is C13H15Cl2NO. The molecule has 0 spiro atoms. The van der Waals surface area contributed by atoms with Crippen LogP contribution in [0.2, 0.25) is 10.0 Å². The Balaban J connectivity index is 2.25. The number of halogens is 2. The van der Waals surface area contributed by atoms with E-state index in [0.717, 1.165) is 18.4 Å². The van der Waals surface area contributed by atoms with Gasteiger partial charge in [0.1, 0.15) is 0 Å². The second-order valence-electron chi connectivity index (χ2n) is 5.00. The predicted molar refractivity (Wildman–Crippen MR) is 70.7 cm³/mol. The van der Waals surface area contributed by atoms with Crippen molar-refractivity contribution in [3.05, 3.63) is 33.8 Å². The van der Waals surface area contributed by atoms with Crippen molar-refractivity contribution in [2.45, 2.75) is 38.1 Å². The Kier molecular flexibility index (Phi) is 3.37. The number of hydrogen-bond acceptors (Lipinski definition) is 1. The third-order valence-electron chi connectivity index (χ3n) is 3.08. The highest BCUT2D eigenvalue weighted by Crippen LogP contribution is 2.33. The average Bonchev–Trinajstić information content (AvgIpc) is 3.00. The van der Waals surface area contributed by atoms with Gasteiger partial charge < -0.3 is 5.32 Å². The highest BCUT2D eigenvalue weighted by molar-refractivity contribution is 6.35. The fourth-order valence-corrected chi connectivity index (χ4v) is 2.36. The summed E-state index contributed by atoms with van der Waals surface area (Å²) in [5, 5.41) is 4.12. The van der Waals surface area contributed by atoms with Gasteiger partial charge in [0, 0.05) is 16.1 Å². The molecule has 0 atom stereocenters. The van der Waals surface area contributed by atoms with Crippen molar-refractivity contribution >= 4 is 29.1 Å². The Bertz CT molecular complexity index is 453. The van der Waals surface area contributed by atoms with Crippen LogP contribution >= 0.6 is 23.2 Å². The topological polar surface area (TPSA) is 29.1 Å². The van der Waals surface area contributed by atoms with E-state index < -0.39 is 5.41 Å². The maximum Gasteiger partial charge on any atom is 0.230 e. The summed E-state index contributed by atoms with van der Waals surface area (Å²) in [7, 11) is 0. The third kappa shape index (κ3) is 2.75. The SMILES string of the molecule is CC(C)(C(=O)NC1CC1)c1ccc(Cl)cc1Cl. The highest BCUT2D eigenvalue weighted by atomic mass is 35.5. The number of benzene rings is 1. The van der Waals surface area contributed by atoms with Crippen molar-refractivity contribution in [1.29, 1.82) is 0 Å². The summed E-state index contributed by atoms with van der Waals surface area (Å²) in [6.45, 7) is 3.75. The zero-order valence-corrected chi connectivity index (χ0v) is 11.4. The lowest BCUT2D eigenvalue weighted by Crippen LogP contribution is -2.41. The van der Waals surface area contributed by atoms with Crippen LogP contribution in [0.1, 0.15) is 32.3 Å². The second kappa shape index (κ2) is 4.51. The van der Waals surface area contributed by atoms with E-state index in [2.05, 4.69) is 5.32 Å². The molecule has 4 heteroatoms. The van der Waals surface area contributed by atoms with E-state index in [1.54, 1.807) is 12.1 Å². The minimum Gasteiger partial charge on any atom is -0.353 e. The van der Waals surface area contributed by atoms with Crippen molar-refractivity contribution < 1.29 is 4.79 Å². The van der Waals surface area contributed by atoms with Gasteiger partial charge in [0.15, 0.2) is 0 Å². The Morgan fingerprint density at radius 1 is 1.35 bits per heavy atom. The van der Waals surface area contributed by atoms with Crippen LogP contribution in [-0.4, -0.2) is 11.9 Å². The minimum atomic E-state index is -0.635. The molecule has 92 valence electrons. The molecule has 0 heterocycles. The van der Waals surface area contributed by atoms with Crippen molar-refractivity contribution in [2.75, 3.05) is 0 Å². The summed E-state index contributed by atoms with van der Waals surface area (Å²) in [5.41, 5.74) is 0.172. The molecule has 1 saturated carbocycles. The zero-order chi connectivity index (χ0) is 12.6. The van der Waals surface area contributed by atoms with Crippen molar-refractivity contribution in [2.24, 2.45) is 0 Å². The maximum absolute atomic E-state index is 12.2. The van der Waals surface area contributed by atoms with E-state index >= 15 is 0 Å². The molecule has 2 rings (SSSR count). The van der Waals surface area contributed by atoms with Crippen LogP contribution in [-0.2, 0) is 10.2 Å². The second-order valence-corrected chi connectivity index (χ2v) is 5.84. The molecule has 1 N–H and O–H groups in total. The minimum absolute atomic E-state index is 0.0178. The van der Waals surface area contributed by atoms with Gasteiger partial charge in [-0.3, -0.25) is 4.79 Å². The summed E-state index contributed by atoms with van der Waals surface area (Å²) in [5.74, 6) is 0.0178. The number of rotatable bonds is 3. The van der Waals surface area contributed by atoms with Gasteiger partial charge in [0.25, 0.3) is 0 Å². The van der Waals surface area contributed by atoms with Gasteiger partial charge in [0.05, 0.1) is 5.41 Å². The lowest BCUT2D eigenvalue weighted by molar-refractivity contribution is -0.125. The smallest absolute Gasteiger partial charge is 0.230 e. The number of amides is 1. The molecule has 0 radical (unpaired) electrons. The van der Waals surface area contributed by atoms with Crippen LogP contribution in [0.3, 0.4) is 0 Å². The Labute approximate surface area is 111 Å². The summed E-state index contributed by atoms with van der Waals surface area (Å²) in [6, 6.07) is 5.60. The molecule has 0 aliphatic heterocycles. The molecule has 17 heavy (non-hydrogen) atoms. The molecule has 1 aromatic rings. The molecule has 1 fully saturated rings. The van der Waals surface area contributed by atoms with Crippen LogP contribution in [0.5, 0.6) is 0 Å². The fraction of sp³-hybridized carbons (Fsp3) is 0.462. The van der Waals surface area contributed by atoms with E-state index in [1.165, 1.54) is 0 Å². The van der Waals surface area contributed by atoms with E-state index in [1.807, 2.05) is 19.9 Å². The van der Waals surface area contributed by atoms with Crippen molar-refractivity contribution in [3.63, 3.8) is 0 Å². The molecule has 0 bridgehead atoms. The molecule has 1 aliphatic carbocycles. The predicted octanol–water partition coefficient (Wildman–Crippen LogP) is 3.55. The van der Waals surface area contributed by atoms with Crippen LogP contribution in [0.25, 0.3) is 0 Å². The van der Waals surface area contributed by atoms with Gasteiger partial charge in [-0.2, -0.15) is 0 Å². The summed E-state index contributed by atoms with van der Waals surface area (Å²) in [4.78, 5) is 12.2. The lowest BCUT2D eigenvalue weighted by Gasteiger charge is -2.25. The first-order valence-electron chi connectivity index (χ1n) is 5.68. The third-order valence-corrected chi connectivity index (χ3v) is 3.63. The molecule has 2 nitrogen and oxygen atoms in total. The summed E-state index contributed by atoms with van der Waals surface area (Å²) >= 11 is 12.0. The first kappa shape index (κ1) is 12.7. The van der Waals surface area contributed by atoms with Crippen LogP contribution in [0.15, 0.2) is 18.2 Å². The Hall–Kier alpha value is -0.730. The lowest BCUT2D eigenvalue weighted by atomic mass is 9.83. The zero-order valence-electron chi connectivity index (χ0n) is 9.89. The Morgan fingerprint density at radius 2 is 2.00 bits per heavy atom. The van der Waals surface area contributed by atoms with Crippen LogP contribution < -0.4 is 5.32 Å². The van der Waals surface area contributed by atoms with Gasteiger partial charge >= 0.3 is 0 Å². The molecule has 1 amide bonds. The van der Waals surface area contributed by atoms with E-state index in [4.69, 9.17) is 23.2 Å². The number of hydrogen-bond donors (Lipinski definition) is 1. The van der Waals surface area contributed by atoms with Crippen LogP contribution in [0, 0.1) is 0 Å². The molecule has 0 aromatic heterocycles. The first-order chi connectivity index (χ1) is 7.91. The van der Waals surface area contributed by atoms with Crippen LogP contribution in [0.4, 0.5) is 0 Å². The van der Waals surface area contributed by atoms with E-state index in [-0.39, 0.29) is 5.91 Å². The summed E-state index contributed by atoms with van der Waals surface area (Å²) < 4.78 is 0. The van der Waals surface area contributed by atoms with Gasteiger partial charge in [0.2, 0.25) is 5.91 Å².